The average Bonchev–Trinajstić information content (AvgIpc) is 2.25. The van der Waals surface area contributed by atoms with Crippen molar-refractivity contribution in [2.24, 2.45) is 5.92 Å². The molecule has 0 spiro atoms. The summed E-state index contributed by atoms with van der Waals surface area (Å²) in [7, 11) is 0. The van der Waals surface area contributed by atoms with Crippen LogP contribution < -0.4 is 0 Å². The summed E-state index contributed by atoms with van der Waals surface area (Å²) in [6, 6.07) is 0. The van der Waals surface area contributed by atoms with Gasteiger partial charge in [-0.2, -0.15) is 0 Å². The molecule has 1 saturated carbocycles. The number of carbonyl (C=O) groups is 2. The first-order valence-corrected chi connectivity index (χ1v) is 5.59. The van der Waals surface area contributed by atoms with Crippen molar-refractivity contribution in [2.45, 2.75) is 51.2 Å². The van der Waals surface area contributed by atoms with Crippen LogP contribution in [-0.4, -0.2) is 24.1 Å². The Hall–Kier alpha value is -1.06. The van der Waals surface area contributed by atoms with E-state index in [-0.39, 0.29) is 11.9 Å². The Bertz CT molecular complexity index is 268. The molecule has 1 saturated heterocycles. The van der Waals surface area contributed by atoms with E-state index < -0.39 is 18.2 Å². The lowest BCUT2D eigenvalue weighted by Gasteiger charge is -2.32. The van der Waals surface area contributed by atoms with Crippen LogP contribution in [-0.2, 0) is 19.1 Å². The second-order valence-corrected chi connectivity index (χ2v) is 4.33. The molecule has 84 valence electrons. The molecule has 1 aliphatic heterocycles. The van der Waals surface area contributed by atoms with Crippen LogP contribution in [0.4, 0.5) is 0 Å². The van der Waals surface area contributed by atoms with Gasteiger partial charge < -0.3 is 9.47 Å². The van der Waals surface area contributed by atoms with E-state index in [2.05, 4.69) is 0 Å². The van der Waals surface area contributed by atoms with E-state index in [0.717, 1.165) is 25.7 Å². The number of esters is 2. The van der Waals surface area contributed by atoms with Crippen molar-refractivity contribution >= 4 is 11.9 Å². The second-order valence-electron chi connectivity index (χ2n) is 4.33. The zero-order chi connectivity index (χ0) is 10.8. The van der Waals surface area contributed by atoms with Crippen LogP contribution in [0, 0.1) is 5.92 Å². The van der Waals surface area contributed by atoms with E-state index in [9.17, 15) is 9.59 Å². The standard InChI is InChI=1S/C11H16O4/c1-7-10(12)15-9(11(13)14-7)8-5-3-2-4-6-8/h7-9H,2-6H2,1H3/t7-,9-/m1/s1. The van der Waals surface area contributed by atoms with Crippen LogP contribution in [0.15, 0.2) is 0 Å². The minimum absolute atomic E-state index is 0.169. The summed E-state index contributed by atoms with van der Waals surface area (Å²) in [6.07, 6.45) is 3.97. The Balaban J connectivity index is 2.01. The summed E-state index contributed by atoms with van der Waals surface area (Å²) < 4.78 is 10.1. The third kappa shape index (κ3) is 2.13. The van der Waals surface area contributed by atoms with Crippen molar-refractivity contribution < 1.29 is 19.1 Å². The van der Waals surface area contributed by atoms with Gasteiger partial charge >= 0.3 is 11.9 Å². The molecule has 4 nitrogen and oxygen atoms in total. The van der Waals surface area contributed by atoms with Crippen LogP contribution >= 0.6 is 0 Å². The molecule has 0 aromatic heterocycles. The van der Waals surface area contributed by atoms with Crippen LogP contribution in [0.3, 0.4) is 0 Å². The number of hydrogen-bond donors (Lipinski definition) is 0. The van der Waals surface area contributed by atoms with Gasteiger partial charge in [-0.15, -0.1) is 0 Å². The van der Waals surface area contributed by atoms with Crippen molar-refractivity contribution in [3.05, 3.63) is 0 Å². The van der Waals surface area contributed by atoms with E-state index in [4.69, 9.17) is 9.47 Å². The Kier molecular flexibility index (Phi) is 2.93. The number of ether oxygens (including phenoxy) is 2. The summed E-state index contributed by atoms with van der Waals surface area (Å²) >= 11 is 0. The molecule has 1 heterocycles. The van der Waals surface area contributed by atoms with Gasteiger partial charge in [0.2, 0.25) is 6.10 Å². The lowest BCUT2D eigenvalue weighted by molar-refractivity contribution is -0.198. The second kappa shape index (κ2) is 4.21. The van der Waals surface area contributed by atoms with E-state index in [1.54, 1.807) is 0 Å². The molecule has 0 aromatic carbocycles. The molecule has 0 bridgehead atoms. The molecule has 2 rings (SSSR count). The van der Waals surface area contributed by atoms with Crippen molar-refractivity contribution in [3.8, 4) is 0 Å². The number of hydrogen-bond acceptors (Lipinski definition) is 4. The summed E-state index contributed by atoms with van der Waals surface area (Å²) in [4.78, 5) is 22.8. The van der Waals surface area contributed by atoms with Crippen LogP contribution in [0.5, 0.6) is 0 Å². The summed E-state index contributed by atoms with van der Waals surface area (Å²) in [6.45, 7) is 1.54. The molecule has 2 atom stereocenters. The average molecular weight is 212 g/mol. The maximum absolute atomic E-state index is 11.6. The molecule has 0 amide bonds. The van der Waals surface area contributed by atoms with Gasteiger partial charge in [0.25, 0.3) is 0 Å². The Morgan fingerprint density at radius 2 is 1.67 bits per heavy atom. The number of cyclic esters (lactones) is 2. The van der Waals surface area contributed by atoms with Crippen LogP contribution in [0.25, 0.3) is 0 Å². The van der Waals surface area contributed by atoms with Crippen molar-refractivity contribution in [1.29, 1.82) is 0 Å². The Morgan fingerprint density at radius 3 is 2.33 bits per heavy atom. The zero-order valence-electron chi connectivity index (χ0n) is 8.90. The monoisotopic (exact) mass is 212 g/mol. The quantitative estimate of drug-likeness (QED) is 0.617. The fourth-order valence-electron chi connectivity index (χ4n) is 2.28. The molecule has 2 aliphatic rings. The fourth-order valence-corrected chi connectivity index (χ4v) is 2.28. The smallest absolute Gasteiger partial charge is 0.348 e. The van der Waals surface area contributed by atoms with Gasteiger partial charge in [-0.1, -0.05) is 19.3 Å². The molecule has 1 aliphatic carbocycles. The van der Waals surface area contributed by atoms with Gasteiger partial charge in [0.05, 0.1) is 0 Å². The molecular weight excluding hydrogens is 196 g/mol. The van der Waals surface area contributed by atoms with E-state index in [1.165, 1.54) is 13.3 Å². The predicted octanol–water partition coefficient (Wildman–Crippen LogP) is 1.42. The Morgan fingerprint density at radius 1 is 1.00 bits per heavy atom. The predicted molar refractivity (Wildman–Crippen MR) is 52.0 cm³/mol. The minimum atomic E-state index is -0.739. The van der Waals surface area contributed by atoms with Gasteiger partial charge in [0.15, 0.2) is 6.10 Å². The first-order chi connectivity index (χ1) is 7.18. The lowest BCUT2D eigenvalue weighted by atomic mass is 9.85. The maximum Gasteiger partial charge on any atom is 0.348 e. The molecular formula is C11H16O4. The highest BCUT2D eigenvalue weighted by Crippen LogP contribution is 2.30. The molecule has 0 unspecified atom stereocenters. The largest absolute Gasteiger partial charge is 0.448 e. The SMILES string of the molecule is C[C@H]1OC(=O)[C@@H](C2CCCCC2)OC1=O. The minimum Gasteiger partial charge on any atom is -0.448 e. The Labute approximate surface area is 88.9 Å². The molecule has 0 N–H and O–H groups in total. The summed E-state index contributed by atoms with van der Waals surface area (Å²) in [5.74, 6) is -0.609. The fraction of sp³-hybridized carbons (Fsp3) is 0.818. The third-order valence-electron chi connectivity index (χ3n) is 3.18. The number of rotatable bonds is 1. The van der Waals surface area contributed by atoms with Gasteiger partial charge in [-0.3, -0.25) is 0 Å². The van der Waals surface area contributed by atoms with Crippen molar-refractivity contribution in [1.82, 2.24) is 0 Å². The van der Waals surface area contributed by atoms with Crippen molar-refractivity contribution in [2.75, 3.05) is 0 Å². The highest BCUT2D eigenvalue weighted by atomic mass is 16.6. The van der Waals surface area contributed by atoms with E-state index in [1.807, 2.05) is 0 Å². The maximum atomic E-state index is 11.6. The third-order valence-corrected chi connectivity index (χ3v) is 3.18. The topological polar surface area (TPSA) is 52.6 Å². The molecule has 2 fully saturated rings. The first kappa shape index (κ1) is 10.5. The first-order valence-electron chi connectivity index (χ1n) is 5.59. The van der Waals surface area contributed by atoms with E-state index in [0.29, 0.717) is 0 Å². The molecule has 15 heavy (non-hydrogen) atoms. The highest BCUT2D eigenvalue weighted by molar-refractivity contribution is 5.87. The van der Waals surface area contributed by atoms with Crippen LogP contribution in [0.2, 0.25) is 0 Å². The van der Waals surface area contributed by atoms with Gasteiger partial charge in [0.1, 0.15) is 0 Å². The molecule has 0 radical (unpaired) electrons. The van der Waals surface area contributed by atoms with Gasteiger partial charge in [0, 0.05) is 5.92 Å². The van der Waals surface area contributed by atoms with Gasteiger partial charge in [-0.05, 0) is 19.8 Å². The van der Waals surface area contributed by atoms with Crippen molar-refractivity contribution in [3.63, 3.8) is 0 Å². The molecule has 4 heteroatoms. The highest BCUT2D eigenvalue weighted by Gasteiger charge is 2.40. The summed E-state index contributed by atoms with van der Waals surface area (Å²) in [5, 5.41) is 0. The van der Waals surface area contributed by atoms with Gasteiger partial charge in [-0.25, -0.2) is 9.59 Å². The normalized spacial score (nSPS) is 33.4. The molecule has 0 aromatic rings. The van der Waals surface area contributed by atoms with E-state index >= 15 is 0 Å². The summed E-state index contributed by atoms with van der Waals surface area (Å²) in [5.41, 5.74) is 0. The number of carbonyl (C=O) groups excluding carboxylic acids is 2. The zero-order valence-corrected chi connectivity index (χ0v) is 8.90. The van der Waals surface area contributed by atoms with Crippen LogP contribution in [0.1, 0.15) is 39.0 Å². The lowest BCUT2D eigenvalue weighted by Crippen LogP contribution is -2.46.